The van der Waals surface area contributed by atoms with E-state index >= 15 is 0 Å². The number of piperidine rings is 1. The fraction of sp³-hybridized carbons (Fsp3) is 0.600. The van der Waals surface area contributed by atoms with Crippen LogP contribution in [-0.2, 0) is 15.0 Å². The molecule has 27 heavy (non-hydrogen) atoms. The van der Waals surface area contributed by atoms with E-state index in [1.165, 1.54) is 0 Å². The van der Waals surface area contributed by atoms with Crippen molar-refractivity contribution in [3.05, 3.63) is 29.8 Å². The van der Waals surface area contributed by atoms with Crippen molar-refractivity contribution in [2.24, 2.45) is 11.8 Å². The van der Waals surface area contributed by atoms with Gasteiger partial charge >= 0.3 is 0 Å². The van der Waals surface area contributed by atoms with Gasteiger partial charge in [0, 0.05) is 31.3 Å². The summed E-state index contributed by atoms with van der Waals surface area (Å²) in [6.45, 7) is 1.71. The minimum Gasteiger partial charge on any atom is -0.412 e. The molecular formula is C20H28N2O5. The SMILES string of the molecule is C[C@H](O)C[C@@H]1C[C@@H]2N(C=O)[C@@H](C[C@@]23C(=O)N(C)c2ccccc23)[C@@H]1CO.O. The molecule has 4 N–H and O–H groups in total. The van der Waals surface area contributed by atoms with E-state index in [2.05, 4.69) is 0 Å². The number of benzene rings is 1. The minimum absolute atomic E-state index is 0. The number of aliphatic hydroxyl groups excluding tert-OH is 2. The summed E-state index contributed by atoms with van der Waals surface area (Å²) >= 11 is 0. The van der Waals surface area contributed by atoms with Gasteiger partial charge < -0.3 is 25.5 Å². The van der Waals surface area contributed by atoms with Crippen LogP contribution in [0.1, 0.15) is 31.7 Å². The predicted octanol–water partition coefficient (Wildman–Crippen LogP) is 0.0747. The smallest absolute Gasteiger partial charge is 0.239 e. The van der Waals surface area contributed by atoms with Crippen LogP contribution in [0.15, 0.2) is 24.3 Å². The van der Waals surface area contributed by atoms with Crippen LogP contribution in [0.2, 0.25) is 0 Å². The van der Waals surface area contributed by atoms with Gasteiger partial charge in [0.2, 0.25) is 12.3 Å². The maximum atomic E-state index is 13.4. The highest BCUT2D eigenvalue weighted by Gasteiger charge is 2.66. The number of rotatable bonds is 4. The fourth-order valence-corrected chi connectivity index (χ4v) is 5.85. The second-order valence-electron chi connectivity index (χ2n) is 8.12. The average Bonchev–Trinajstić information content (AvgIpc) is 2.99. The second-order valence-corrected chi connectivity index (χ2v) is 8.12. The molecule has 1 aromatic carbocycles. The Morgan fingerprint density at radius 2 is 2.07 bits per heavy atom. The van der Waals surface area contributed by atoms with Crippen molar-refractivity contribution in [2.75, 3.05) is 18.6 Å². The van der Waals surface area contributed by atoms with Crippen molar-refractivity contribution < 1.29 is 25.3 Å². The van der Waals surface area contributed by atoms with Crippen molar-refractivity contribution in [1.29, 1.82) is 0 Å². The van der Waals surface area contributed by atoms with Crippen molar-refractivity contribution in [3.63, 3.8) is 0 Å². The first-order valence-electron chi connectivity index (χ1n) is 9.35. The third-order valence-electron chi connectivity index (χ3n) is 6.88. The Morgan fingerprint density at radius 3 is 2.70 bits per heavy atom. The first kappa shape index (κ1) is 19.8. The summed E-state index contributed by atoms with van der Waals surface area (Å²) in [5, 5.41) is 19.9. The third-order valence-corrected chi connectivity index (χ3v) is 6.88. The predicted molar refractivity (Wildman–Crippen MR) is 100 cm³/mol. The minimum atomic E-state index is -0.738. The molecule has 0 aromatic heterocycles. The Labute approximate surface area is 158 Å². The molecule has 3 aliphatic heterocycles. The molecule has 3 heterocycles. The summed E-state index contributed by atoms with van der Waals surface area (Å²) in [5.41, 5.74) is 1.15. The summed E-state index contributed by atoms with van der Waals surface area (Å²) in [7, 11) is 1.79. The lowest BCUT2D eigenvalue weighted by atomic mass is 9.72. The van der Waals surface area contributed by atoms with E-state index in [0.717, 1.165) is 17.7 Å². The Bertz CT molecular complexity index is 739. The van der Waals surface area contributed by atoms with E-state index in [1.807, 2.05) is 24.3 Å². The number of likely N-dealkylation sites (N-methyl/N-ethyl adjacent to an activating group) is 1. The number of carbonyl (C=O) groups excluding carboxylic acids is 2. The molecule has 1 aromatic rings. The number of para-hydroxylation sites is 1. The zero-order chi connectivity index (χ0) is 18.6. The van der Waals surface area contributed by atoms with Crippen molar-refractivity contribution in [3.8, 4) is 0 Å². The Hall–Kier alpha value is -1.96. The Morgan fingerprint density at radius 1 is 1.37 bits per heavy atom. The van der Waals surface area contributed by atoms with E-state index in [4.69, 9.17) is 0 Å². The molecule has 6 atom stereocenters. The van der Waals surface area contributed by atoms with Gasteiger partial charge in [0.1, 0.15) is 0 Å². The number of amides is 2. The lowest BCUT2D eigenvalue weighted by Crippen LogP contribution is -2.54. The van der Waals surface area contributed by atoms with Gasteiger partial charge in [-0.25, -0.2) is 0 Å². The van der Waals surface area contributed by atoms with E-state index < -0.39 is 11.5 Å². The third kappa shape index (κ3) is 2.52. The molecule has 0 saturated carbocycles. The molecule has 2 fully saturated rings. The summed E-state index contributed by atoms with van der Waals surface area (Å²) in [4.78, 5) is 28.8. The average molecular weight is 376 g/mol. The highest BCUT2D eigenvalue weighted by molar-refractivity contribution is 6.09. The van der Waals surface area contributed by atoms with Crippen LogP contribution in [-0.4, -0.2) is 64.7 Å². The van der Waals surface area contributed by atoms with Crippen LogP contribution < -0.4 is 4.90 Å². The normalized spacial score (nSPS) is 35.2. The number of anilines is 1. The first-order valence-corrected chi connectivity index (χ1v) is 9.35. The molecule has 1 spiro atoms. The van der Waals surface area contributed by atoms with Crippen LogP contribution in [0.5, 0.6) is 0 Å². The molecule has 4 rings (SSSR count). The molecule has 2 bridgehead atoms. The van der Waals surface area contributed by atoms with Gasteiger partial charge in [-0.3, -0.25) is 9.59 Å². The van der Waals surface area contributed by atoms with Gasteiger partial charge in [-0.05, 0) is 43.7 Å². The van der Waals surface area contributed by atoms with Crippen molar-refractivity contribution in [2.45, 2.75) is 49.8 Å². The molecule has 7 heteroatoms. The van der Waals surface area contributed by atoms with Crippen LogP contribution in [0.3, 0.4) is 0 Å². The van der Waals surface area contributed by atoms with E-state index in [1.54, 1.807) is 23.8 Å². The highest BCUT2D eigenvalue weighted by atomic mass is 16.3. The molecule has 2 saturated heterocycles. The van der Waals surface area contributed by atoms with Crippen LogP contribution in [0, 0.1) is 11.8 Å². The van der Waals surface area contributed by atoms with E-state index in [-0.39, 0.29) is 41.9 Å². The molecule has 148 valence electrons. The zero-order valence-corrected chi connectivity index (χ0v) is 15.7. The van der Waals surface area contributed by atoms with Crippen LogP contribution in [0.25, 0.3) is 0 Å². The summed E-state index contributed by atoms with van der Waals surface area (Å²) in [5.74, 6) is 0.0140. The fourth-order valence-electron chi connectivity index (χ4n) is 5.85. The molecule has 3 aliphatic rings. The lowest BCUT2D eigenvalue weighted by Gasteiger charge is -2.44. The summed E-state index contributed by atoms with van der Waals surface area (Å²) in [6, 6.07) is 7.41. The quantitative estimate of drug-likeness (QED) is 0.724. The number of hydrogen-bond donors (Lipinski definition) is 2. The van der Waals surface area contributed by atoms with E-state index in [9.17, 15) is 19.8 Å². The number of nitrogens with zero attached hydrogens (tertiary/aromatic N) is 2. The van der Waals surface area contributed by atoms with Crippen LogP contribution >= 0.6 is 0 Å². The topological polar surface area (TPSA) is 113 Å². The molecule has 0 unspecified atom stereocenters. The number of aliphatic hydroxyl groups is 2. The lowest BCUT2D eigenvalue weighted by molar-refractivity contribution is -0.129. The number of carbonyl (C=O) groups is 2. The highest BCUT2D eigenvalue weighted by Crippen LogP contribution is 2.58. The number of hydrogen-bond acceptors (Lipinski definition) is 4. The van der Waals surface area contributed by atoms with Gasteiger partial charge in [0.05, 0.1) is 17.6 Å². The Balaban J connectivity index is 0.00000210. The van der Waals surface area contributed by atoms with Gasteiger partial charge in [0.15, 0.2) is 0 Å². The number of fused-ring (bicyclic) bond motifs is 5. The molecular weight excluding hydrogens is 348 g/mol. The van der Waals surface area contributed by atoms with Crippen molar-refractivity contribution >= 4 is 18.0 Å². The van der Waals surface area contributed by atoms with E-state index in [0.29, 0.717) is 19.3 Å². The van der Waals surface area contributed by atoms with Gasteiger partial charge in [-0.15, -0.1) is 0 Å². The Kier molecular flexibility index (Phi) is 5.05. The maximum Gasteiger partial charge on any atom is 0.239 e. The molecule has 0 radical (unpaired) electrons. The van der Waals surface area contributed by atoms with Gasteiger partial charge in [-0.1, -0.05) is 18.2 Å². The van der Waals surface area contributed by atoms with Gasteiger partial charge in [-0.2, -0.15) is 0 Å². The monoisotopic (exact) mass is 376 g/mol. The van der Waals surface area contributed by atoms with Crippen LogP contribution in [0.4, 0.5) is 5.69 Å². The second kappa shape index (κ2) is 6.89. The molecule has 2 amide bonds. The maximum absolute atomic E-state index is 13.4. The largest absolute Gasteiger partial charge is 0.412 e. The standard InChI is InChI=1S/C20H26N2O4.H2O/c1-12(25)7-13-8-18-20(9-17(14(13)10-23)22(18)11-24)15-5-3-4-6-16(15)21(2)19(20)26;/h3-6,11-14,17-18,23,25H,7-10H2,1-2H3;1H2/t12-,13+,14+,17-,18-,20-;/m0./s1. The molecule has 0 aliphatic carbocycles. The first-order chi connectivity index (χ1) is 12.5. The molecule has 7 nitrogen and oxygen atoms in total. The zero-order valence-electron chi connectivity index (χ0n) is 15.7. The van der Waals surface area contributed by atoms with Crippen molar-refractivity contribution in [1.82, 2.24) is 4.90 Å². The summed E-state index contributed by atoms with van der Waals surface area (Å²) < 4.78 is 0. The summed E-state index contributed by atoms with van der Waals surface area (Å²) in [6.07, 6.45) is 2.12. The van der Waals surface area contributed by atoms with Gasteiger partial charge in [0.25, 0.3) is 0 Å².